The van der Waals surface area contributed by atoms with Crippen molar-refractivity contribution in [2.45, 2.75) is 6.42 Å². The van der Waals surface area contributed by atoms with E-state index in [1.165, 1.54) is 11.1 Å². The molecule has 0 atom stereocenters. The predicted molar refractivity (Wildman–Crippen MR) is 75.8 cm³/mol. The maximum Gasteiger partial charge on any atom is 0.269 e. The largest absolute Gasteiger partial charge is 0.350 e. The zero-order valence-corrected chi connectivity index (χ0v) is 11.6. The zero-order chi connectivity index (χ0) is 15.0. The summed E-state index contributed by atoms with van der Waals surface area (Å²) in [4.78, 5) is 28.6. The summed E-state index contributed by atoms with van der Waals surface area (Å²) in [6.45, 7) is 0.564. The molecule has 0 saturated carbocycles. The van der Waals surface area contributed by atoms with Gasteiger partial charge in [0.2, 0.25) is 5.91 Å². The summed E-state index contributed by atoms with van der Waals surface area (Å²) in [6, 6.07) is 3.29. The van der Waals surface area contributed by atoms with Gasteiger partial charge < -0.3 is 16.0 Å². The summed E-state index contributed by atoms with van der Waals surface area (Å²) in [7, 11) is 3.35. The second-order valence-corrected chi connectivity index (χ2v) is 4.23. The molecule has 20 heavy (non-hydrogen) atoms. The van der Waals surface area contributed by atoms with Crippen molar-refractivity contribution in [1.82, 2.24) is 15.2 Å². The van der Waals surface area contributed by atoms with Gasteiger partial charge >= 0.3 is 0 Å². The molecule has 3 N–H and O–H groups in total. The van der Waals surface area contributed by atoms with E-state index in [9.17, 15) is 9.59 Å². The Bertz CT molecular complexity index is 526. The van der Waals surface area contributed by atoms with Gasteiger partial charge in [-0.2, -0.15) is 0 Å². The molecule has 0 radical (unpaired) electrons. The molecular formula is C14H18N4O2. The van der Waals surface area contributed by atoms with E-state index in [-0.39, 0.29) is 31.3 Å². The van der Waals surface area contributed by atoms with Gasteiger partial charge in [0.05, 0.1) is 6.54 Å². The van der Waals surface area contributed by atoms with Crippen molar-refractivity contribution in [2.75, 3.05) is 27.2 Å². The third kappa shape index (κ3) is 5.08. The second-order valence-electron chi connectivity index (χ2n) is 4.23. The Kier molecular flexibility index (Phi) is 6.20. The van der Waals surface area contributed by atoms with Gasteiger partial charge in [-0.05, 0) is 12.1 Å². The standard InChI is InChI=1S/C14H18N4O2/c1-18(2)13(19)7-9-16-14(20)12-6-5-11(10-17-12)4-3-8-15/h5-6,10H,7-9,15H2,1-2H3,(H,16,20). The first-order valence-corrected chi connectivity index (χ1v) is 6.18. The van der Waals surface area contributed by atoms with Crippen LogP contribution in [0.2, 0.25) is 0 Å². The Hall–Kier alpha value is -2.39. The molecule has 0 spiro atoms. The summed E-state index contributed by atoms with van der Waals surface area (Å²) in [5.41, 5.74) is 6.26. The molecule has 1 rings (SSSR count). The fourth-order valence-electron chi connectivity index (χ4n) is 1.35. The molecule has 1 aromatic rings. The lowest BCUT2D eigenvalue weighted by atomic mass is 10.2. The Morgan fingerprint density at radius 3 is 2.70 bits per heavy atom. The molecular weight excluding hydrogens is 256 g/mol. The van der Waals surface area contributed by atoms with Crippen LogP contribution in [0.4, 0.5) is 0 Å². The van der Waals surface area contributed by atoms with Gasteiger partial charge in [0, 0.05) is 38.8 Å². The summed E-state index contributed by atoms with van der Waals surface area (Å²) < 4.78 is 0. The number of nitrogens with zero attached hydrogens (tertiary/aromatic N) is 2. The van der Waals surface area contributed by atoms with E-state index < -0.39 is 0 Å². The monoisotopic (exact) mass is 274 g/mol. The van der Waals surface area contributed by atoms with E-state index >= 15 is 0 Å². The Labute approximate surface area is 118 Å². The third-order valence-corrected chi connectivity index (χ3v) is 2.45. The van der Waals surface area contributed by atoms with Crippen molar-refractivity contribution >= 4 is 11.8 Å². The van der Waals surface area contributed by atoms with E-state index in [4.69, 9.17) is 5.73 Å². The number of nitrogens with one attached hydrogen (secondary N) is 1. The summed E-state index contributed by atoms with van der Waals surface area (Å²) >= 11 is 0. The average Bonchev–Trinajstić information content (AvgIpc) is 2.45. The number of nitrogens with two attached hydrogens (primary N) is 1. The molecule has 6 nitrogen and oxygen atoms in total. The van der Waals surface area contributed by atoms with Crippen LogP contribution in [0.3, 0.4) is 0 Å². The molecule has 2 amide bonds. The van der Waals surface area contributed by atoms with E-state index in [1.807, 2.05) is 0 Å². The number of carbonyl (C=O) groups is 2. The normalized spacial score (nSPS) is 9.35. The fourth-order valence-corrected chi connectivity index (χ4v) is 1.35. The third-order valence-electron chi connectivity index (χ3n) is 2.45. The van der Waals surface area contributed by atoms with E-state index in [0.29, 0.717) is 11.3 Å². The maximum atomic E-state index is 11.8. The Balaban J connectivity index is 2.50. The summed E-state index contributed by atoms with van der Waals surface area (Å²) in [5, 5.41) is 2.64. The van der Waals surface area contributed by atoms with Crippen LogP contribution in [0.5, 0.6) is 0 Å². The minimum atomic E-state index is -0.310. The van der Waals surface area contributed by atoms with Crippen LogP contribution >= 0.6 is 0 Å². The molecule has 0 saturated heterocycles. The van der Waals surface area contributed by atoms with Crippen LogP contribution in [0.15, 0.2) is 18.3 Å². The van der Waals surface area contributed by atoms with Crippen LogP contribution in [0.25, 0.3) is 0 Å². The number of carbonyl (C=O) groups excluding carboxylic acids is 2. The fraction of sp³-hybridized carbons (Fsp3) is 0.357. The number of hydrogen-bond donors (Lipinski definition) is 2. The molecule has 1 aromatic heterocycles. The van der Waals surface area contributed by atoms with Gasteiger partial charge in [-0.15, -0.1) is 0 Å². The molecule has 0 aromatic carbocycles. The molecule has 0 fully saturated rings. The van der Waals surface area contributed by atoms with Gasteiger partial charge in [-0.1, -0.05) is 11.8 Å². The van der Waals surface area contributed by atoms with Crippen LogP contribution in [-0.2, 0) is 4.79 Å². The maximum absolute atomic E-state index is 11.8. The number of amides is 2. The lowest BCUT2D eigenvalue weighted by molar-refractivity contribution is -0.128. The first-order valence-electron chi connectivity index (χ1n) is 6.18. The van der Waals surface area contributed by atoms with Crippen LogP contribution in [0.1, 0.15) is 22.5 Å². The lowest BCUT2D eigenvalue weighted by Gasteiger charge is -2.10. The van der Waals surface area contributed by atoms with Gasteiger partial charge in [0.15, 0.2) is 0 Å². The highest BCUT2D eigenvalue weighted by molar-refractivity contribution is 5.92. The van der Waals surface area contributed by atoms with Gasteiger partial charge in [0.25, 0.3) is 5.91 Å². The number of pyridine rings is 1. The topological polar surface area (TPSA) is 88.3 Å². The molecule has 6 heteroatoms. The smallest absolute Gasteiger partial charge is 0.269 e. The predicted octanol–water partition coefficient (Wildman–Crippen LogP) is -0.400. The highest BCUT2D eigenvalue weighted by Crippen LogP contribution is 1.99. The van der Waals surface area contributed by atoms with Crippen LogP contribution in [0, 0.1) is 11.8 Å². The summed E-state index contributed by atoms with van der Waals surface area (Å²) in [6.07, 6.45) is 1.78. The Morgan fingerprint density at radius 1 is 1.40 bits per heavy atom. The molecule has 0 aliphatic carbocycles. The minimum absolute atomic E-state index is 0.0364. The van der Waals surface area contributed by atoms with E-state index in [0.717, 1.165) is 0 Å². The van der Waals surface area contributed by atoms with Crippen molar-refractivity contribution in [1.29, 1.82) is 0 Å². The van der Waals surface area contributed by atoms with Gasteiger partial charge in [-0.25, -0.2) is 4.98 Å². The van der Waals surface area contributed by atoms with Crippen molar-refractivity contribution in [3.63, 3.8) is 0 Å². The van der Waals surface area contributed by atoms with Crippen molar-refractivity contribution in [3.05, 3.63) is 29.6 Å². The minimum Gasteiger partial charge on any atom is -0.350 e. The number of hydrogen-bond acceptors (Lipinski definition) is 4. The molecule has 0 aliphatic heterocycles. The highest BCUT2D eigenvalue weighted by Gasteiger charge is 2.08. The van der Waals surface area contributed by atoms with Crippen molar-refractivity contribution in [3.8, 4) is 11.8 Å². The van der Waals surface area contributed by atoms with Crippen LogP contribution in [-0.4, -0.2) is 48.9 Å². The highest BCUT2D eigenvalue weighted by atomic mass is 16.2. The number of aromatic nitrogens is 1. The zero-order valence-electron chi connectivity index (χ0n) is 11.6. The van der Waals surface area contributed by atoms with Gasteiger partial charge in [0.1, 0.15) is 5.69 Å². The molecule has 1 heterocycles. The van der Waals surface area contributed by atoms with Crippen molar-refractivity contribution in [2.24, 2.45) is 5.73 Å². The SMILES string of the molecule is CN(C)C(=O)CCNC(=O)c1ccc(C#CCN)cn1. The molecule has 0 bridgehead atoms. The summed E-state index contributed by atoms with van der Waals surface area (Å²) in [5.74, 6) is 5.18. The van der Waals surface area contributed by atoms with E-state index in [1.54, 1.807) is 26.2 Å². The molecule has 0 unspecified atom stereocenters. The Morgan fingerprint density at radius 2 is 2.15 bits per heavy atom. The average molecular weight is 274 g/mol. The van der Waals surface area contributed by atoms with Crippen LogP contribution < -0.4 is 11.1 Å². The number of rotatable bonds is 4. The molecule has 0 aliphatic rings. The lowest BCUT2D eigenvalue weighted by Crippen LogP contribution is -2.30. The van der Waals surface area contributed by atoms with Gasteiger partial charge in [-0.3, -0.25) is 9.59 Å². The quantitative estimate of drug-likeness (QED) is 0.731. The first-order chi connectivity index (χ1) is 9.54. The van der Waals surface area contributed by atoms with E-state index in [2.05, 4.69) is 22.1 Å². The molecule has 106 valence electrons. The van der Waals surface area contributed by atoms with Crippen molar-refractivity contribution < 1.29 is 9.59 Å². The first kappa shape index (κ1) is 15.7. The second kappa shape index (κ2) is 7.92.